The normalized spacial score (nSPS) is 18.8. The molecule has 1 aliphatic rings. The van der Waals surface area contributed by atoms with Crippen LogP contribution in [0.15, 0.2) is 24.3 Å². The fourth-order valence-electron chi connectivity index (χ4n) is 2.12. The number of hydrogen-bond donors (Lipinski definition) is 2. The molecule has 1 aromatic rings. The van der Waals surface area contributed by atoms with Gasteiger partial charge in [-0.2, -0.15) is 0 Å². The molecule has 0 bridgehead atoms. The molecule has 1 atom stereocenters. The maximum atomic E-state index is 11.7. The highest BCUT2D eigenvalue weighted by molar-refractivity contribution is 5.76. The van der Waals surface area contributed by atoms with Gasteiger partial charge >= 0.3 is 0 Å². The Morgan fingerprint density at radius 3 is 3.00 bits per heavy atom. The molecule has 0 saturated carbocycles. The highest BCUT2D eigenvalue weighted by Crippen LogP contribution is 2.16. The molecule has 1 aromatic carbocycles. The number of carbonyl (C=O) groups excluding carboxylic acids is 1. The maximum Gasteiger partial charge on any atom is 0.220 e. The van der Waals surface area contributed by atoms with Crippen molar-refractivity contribution in [2.24, 2.45) is 5.92 Å². The van der Waals surface area contributed by atoms with E-state index in [0.29, 0.717) is 25.5 Å². The first-order chi connectivity index (χ1) is 8.78. The van der Waals surface area contributed by atoms with Gasteiger partial charge in [-0.15, -0.1) is 0 Å². The Bertz CT molecular complexity index is 400. The summed E-state index contributed by atoms with van der Waals surface area (Å²) in [6.45, 7) is 2.02. The number of benzene rings is 1. The molecule has 1 fully saturated rings. The summed E-state index contributed by atoms with van der Waals surface area (Å²) in [5.41, 5.74) is 1.88. The van der Waals surface area contributed by atoms with Crippen molar-refractivity contribution in [1.82, 2.24) is 5.32 Å². The van der Waals surface area contributed by atoms with Crippen LogP contribution in [0.4, 0.5) is 0 Å². The van der Waals surface area contributed by atoms with E-state index in [1.54, 1.807) is 0 Å². The van der Waals surface area contributed by atoms with Crippen molar-refractivity contribution in [1.29, 1.82) is 0 Å². The van der Waals surface area contributed by atoms with E-state index in [-0.39, 0.29) is 12.5 Å². The van der Waals surface area contributed by atoms with Gasteiger partial charge in [-0.25, -0.2) is 0 Å². The highest BCUT2D eigenvalue weighted by Gasteiger charge is 2.18. The molecule has 0 aromatic heterocycles. The predicted octanol–water partition coefficient (Wildman–Crippen LogP) is 1.22. The van der Waals surface area contributed by atoms with E-state index in [2.05, 4.69) is 5.32 Å². The summed E-state index contributed by atoms with van der Waals surface area (Å²) < 4.78 is 5.24. The lowest BCUT2D eigenvalue weighted by atomic mass is 10.0. The summed E-state index contributed by atoms with van der Waals surface area (Å²) in [6.07, 6.45) is 1.52. The Morgan fingerprint density at radius 2 is 2.28 bits per heavy atom. The van der Waals surface area contributed by atoms with Gasteiger partial charge in [0.05, 0.1) is 6.61 Å². The van der Waals surface area contributed by atoms with Gasteiger partial charge in [-0.1, -0.05) is 24.3 Å². The molecule has 4 heteroatoms. The first-order valence-corrected chi connectivity index (χ1v) is 6.31. The molecule has 0 radical (unpaired) electrons. The van der Waals surface area contributed by atoms with Crippen LogP contribution in [-0.4, -0.2) is 24.2 Å². The molecule has 2 rings (SSSR count). The van der Waals surface area contributed by atoms with Gasteiger partial charge in [0.25, 0.3) is 0 Å². The molecule has 1 heterocycles. The minimum absolute atomic E-state index is 0.0290. The Labute approximate surface area is 107 Å². The van der Waals surface area contributed by atoms with Crippen LogP contribution in [-0.2, 0) is 22.7 Å². The molecule has 0 spiro atoms. The predicted molar refractivity (Wildman–Crippen MR) is 67.8 cm³/mol. The largest absolute Gasteiger partial charge is 0.392 e. The molecule has 4 nitrogen and oxygen atoms in total. The third kappa shape index (κ3) is 3.82. The molecule has 0 aliphatic carbocycles. The summed E-state index contributed by atoms with van der Waals surface area (Å²) in [7, 11) is 0. The van der Waals surface area contributed by atoms with Gasteiger partial charge < -0.3 is 15.2 Å². The summed E-state index contributed by atoms with van der Waals surface area (Å²) in [4.78, 5) is 11.7. The van der Waals surface area contributed by atoms with Crippen LogP contribution >= 0.6 is 0 Å². The lowest BCUT2D eigenvalue weighted by molar-refractivity contribution is -0.122. The third-order valence-electron chi connectivity index (χ3n) is 3.16. The van der Waals surface area contributed by atoms with E-state index in [1.165, 1.54) is 0 Å². The van der Waals surface area contributed by atoms with Crippen molar-refractivity contribution in [3.05, 3.63) is 35.4 Å². The molecule has 1 aliphatic heterocycles. The zero-order chi connectivity index (χ0) is 12.8. The number of aliphatic hydroxyl groups is 1. The van der Waals surface area contributed by atoms with Crippen LogP contribution < -0.4 is 5.32 Å². The second kappa shape index (κ2) is 6.52. The molecule has 2 N–H and O–H groups in total. The molecule has 1 unspecified atom stereocenters. The van der Waals surface area contributed by atoms with E-state index < -0.39 is 0 Å². The topological polar surface area (TPSA) is 58.6 Å². The number of amides is 1. The van der Waals surface area contributed by atoms with E-state index in [1.807, 2.05) is 24.3 Å². The number of rotatable bonds is 5. The van der Waals surface area contributed by atoms with Crippen LogP contribution in [0.3, 0.4) is 0 Å². The number of aliphatic hydroxyl groups excluding tert-OH is 1. The standard InChI is InChI=1S/C14H19NO3/c16-9-12-3-1-2-11(6-12)8-15-14(17)7-13-4-5-18-10-13/h1-3,6,13,16H,4-5,7-10H2,(H,15,17). The Balaban J connectivity index is 1.77. The average molecular weight is 249 g/mol. The fourth-order valence-corrected chi connectivity index (χ4v) is 2.12. The molecule has 18 heavy (non-hydrogen) atoms. The maximum absolute atomic E-state index is 11.7. The van der Waals surface area contributed by atoms with Gasteiger partial charge in [-0.3, -0.25) is 4.79 Å². The number of hydrogen-bond acceptors (Lipinski definition) is 3. The quantitative estimate of drug-likeness (QED) is 0.825. The highest BCUT2D eigenvalue weighted by atomic mass is 16.5. The van der Waals surface area contributed by atoms with Gasteiger partial charge in [0.1, 0.15) is 0 Å². The van der Waals surface area contributed by atoms with Gasteiger partial charge in [0.2, 0.25) is 5.91 Å². The van der Waals surface area contributed by atoms with Crippen molar-refractivity contribution < 1.29 is 14.6 Å². The number of carbonyl (C=O) groups is 1. The van der Waals surface area contributed by atoms with E-state index >= 15 is 0 Å². The molecular weight excluding hydrogens is 230 g/mol. The first-order valence-electron chi connectivity index (χ1n) is 6.31. The minimum Gasteiger partial charge on any atom is -0.392 e. The summed E-state index contributed by atoms with van der Waals surface area (Å²) in [5, 5.41) is 11.9. The number of ether oxygens (including phenoxy) is 1. The van der Waals surface area contributed by atoms with Crippen LogP contribution in [0.25, 0.3) is 0 Å². The molecule has 1 saturated heterocycles. The van der Waals surface area contributed by atoms with Crippen LogP contribution in [0, 0.1) is 5.92 Å². The summed E-state index contributed by atoms with van der Waals surface area (Å²) >= 11 is 0. The molecule has 1 amide bonds. The number of nitrogens with one attached hydrogen (secondary N) is 1. The van der Waals surface area contributed by atoms with Crippen molar-refractivity contribution >= 4 is 5.91 Å². The van der Waals surface area contributed by atoms with Crippen LogP contribution in [0.1, 0.15) is 24.0 Å². The third-order valence-corrected chi connectivity index (χ3v) is 3.16. The molecular formula is C14H19NO3. The Kier molecular flexibility index (Phi) is 4.73. The zero-order valence-electron chi connectivity index (χ0n) is 10.4. The zero-order valence-corrected chi connectivity index (χ0v) is 10.4. The first kappa shape index (κ1) is 13.1. The second-order valence-corrected chi connectivity index (χ2v) is 4.69. The summed E-state index contributed by atoms with van der Waals surface area (Å²) in [6, 6.07) is 7.59. The van der Waals surface area contributed by atoms with Gasteiger partial charge in [0, 0.05) is 26.2 Å². The Hall–Kier alpha value is -1.39. The minimum atomic E-state index is 0.0290. The summed E-state index contributed by atoms with van der Waals surface area (Å²) in [5.74, 6) is 0.439. The van der Waals surface area contributed by atoms with Crippen LogP contribution in [0.2, 0.25) is 0 Å². The molecule has 98 valence electrons. The van der Waals surface area contributed by atoms with E-state index in [4.69, 9.17) is 9.84 Å². The van der Waals surface area contributed by atoms with Gasteiger partial charge in [0.15, 0.2) is 0 Å². The van der Waals surface area contributed by atoms with Crippen molar-refractivity contribution in [2.45, 2.75) is 26.0 Å². The average Bonchev–Trinajstić information content (AvgIpc) is 2.89. The van der Waals surface area contributed by atoms with E-state index in [9.17, 15) is 4.79 Å². The van der Waals surface area contributed by atoms with Gasteiger partial charge in [-0.05, 0) is 23.5 Å². The van der Waals surface area contributed by atoms with Crippen LogP contribution in [0.5, 0.6) is 0 Å². The fraction of sp³-hybridized carbons (Fsp3) is 0.500. The van der Waals surface area contributed by atoms with E-state index in [0.717, 1.165) is 24.2 Å². The lowest BCUT2D eigenvalue weighted by Gasteiger charge is -2.09. The SMILES string of the molecule is O=C(CC1CCOC1)NCc1cccc(CO)c1. The smallest absolute Gasteiger partial charge is 0.220 e. The monoisotopic (exact) mass is 249 g/mol. The van der Waals surface area contributed by atoms with Crippen molar-refractivity contribution in [2.75, 3.05) is 13.2 Å². The lowest BCUT2D eigenvalue weighted by Crippen LogP contribution is -2.25. The van der Waals surface area contributed by atoms with Crippen molar-refractivity contribution in [3.8, 4) is 0 Å². The second-order valence-electron chi connectivity index (χ2n) is 4.69. The Morgan fingerprint density at radius 1 is 1.44 bits per heavy atom. The van der Waals surface area contributed by atoms with Crippen molar-refractivity contribution in [3.63, 3.8) is 0 Å².